The van der Waals surface area contributed by atoms with Crippen molar-refractivity contribution in [2.75, 3.05) is 25.4 Å². The fourth-order valence-electron chi connectivity index (χ4n) is 2.92. The summed E-state index contributed by atoms with van der Waals surface area (Å²) in [7, 11) is -3.47. The van der Waals surface area contributed by atoms with Crippen LogP contribution in [-0.2, 0) is 19.6 Å². The predicted molar refractivity (Wildman–Crippen MR) is 85.8 cm³/mol. The highest BCUT2D eigenvalue weighted by molar-refractivity contribution is 7.89. The lowest BCUT2D eigenvalue weighted by Crippen LogP contribution is -2.57. The van der Waals surface area contributed by atoms with Crippen LogP contribution in [0.1, 0.15) is 34.1 Å². The van der Waals surface area contributed by atoms with E-state index in [0.717, 1.165) is 13.1 Å². The van der Waals surface area contributed by atoms with Gasteiger partial charge >= 0.3 is 0 Å². The smallest absolute Gasteiger partial charge is 0.237 e. The number of nitrogens with two attached hydrogens (primary N) is 1. The number of hydrogen-bond donors (Lipinski definition) is 2. The number of amides is 1. The number of hydrogen-bond acceptors (Lipinski definition) is 5. The predicted octanol–water partition coefficient (Wildman–Crippen LogP) is -0.0850. The highest BCUT2D eigenvalue weighted by atomic mass is 32.2. The number of carbonyl (C=O) groups excluding carboxylic acids is 1. The Kier molecular flexibility index (Phi) is 7.24. The van der Waals surface area contributed by atoms with E-state index in [-0.39, 0.29) is 35.8 Å². The van der Waals surface area contributed by atoms with Gasteiger partial charge in [0.2, 0.25) is 15.9 Å². The summed E-state index contributed by atoms with van der Waals surface area (Å²) < 4.78 is 27.5. The van der Waals surface area contributed by atoms with E-state index in [1.54, 1.807) is 0 Å². The number of primary sulfonamides is 1. The van der Waals surface area contributed by atoms with Crippen LogP contribution in [-0.4, -0.2) is 62.9 Å². The van der Waals surface area contributed by atoms with Gasteiger partial charge in [-0.3, -0.25) is 9.69 Å². The summed E-state index contributed by atoms with van der Waals surface area (Å²) in [5.74, 6) is -0.0212. The van der Waals surface area contributed by atoms with Gasteiger partial charge in [0.1, 0.15) is 0 Å². The quantitative estimate of drug-likeness (QED) is 0.633. The zero-order chi connectivity index (χ0) is 16.9. The second-order valence-corrected chi connectivity index (χ2v) is 8.15. The zero-order valence-electron chi connectivity index (χ0n) is 13.9. The zero-order valence-corrected chi connectivity index (χ0v) is 14.7. The molecule has 0 aromatic carbocycles. The molecule has 22 heavy (non-hydrogen) atoms. The monoisotopic (exact) mass is 335 g/mol. The molecule has 1 heterocycles. The third-order valence-corrected chi connectivity index (χ3v) is 4.50. The summed E-state index contributed by atoms with van der Waals surface area (Å²) in [6, 6.07) is -0.233. The van der Waals surface area contributed by atoms with Crippen molar-refractivity contribution in [2.24, 2.45) is 11.1 Å². The number of nitrogens with one attached hydrogen (secondary N) is 1. The van der Waals surface area contributed by atoms with Crippen molar-refractivity contribution in [3.05, 3.63) is 0 Å². The number of ether oxygens (including phenoxy) is 1. The van der Waals surface area contributed by atoms with Gasteiger partial charge in [-0.2, -0.15) is 0 Å². The molecule has 0 saturated carbocycles. The van der Waals surface area contributed by atoms with Crippen LogP contribution < -0.4 is 10.5 Å². The summed E-state index contributed by atoms with van der Waals surface area (Å²) in [6.07, 6.45) is 0.519. The van der Waals surface area contributed by atoms with Gasteiger partial charge < -0.3 is 10.1 Å². The van der Waals surface area contributed by atoms with Crippen molar-refractivity contribution < 1.29 is 17.9 Å². The SMILES string of the molecule is CC1CN(C(C(=O)NCCCS(N)(=O)=O)C(C)C)CC(C)O1. The van der Waals surface area contributed by atoms with E-state index in [9.17, 15) is 13.2 Å². The highest BCUT2D eigenvalue weighted by Crippen LogP contribution is 2.18. The van der Waals surface area contributed by atoms with E-state index >= 15 is 0 Å². The van der Waals surface area contributed by atoms with Gasteiger partial charge in [0.15, 0.2) is 0 Å². The Bertz CT molecular complexity index is 457. The molecule has 0 radical (unpaired) electrons. The molecule has 1 fully saturated rings. The number of nitrogens with zero attached hydrogens (tertiary/aromatic N) is 1. The van der Waals surface area contributed by atoms with Crippen LogP contribution in [0.2, 0.25) is 0 Å². The van der Waals surface area contributed by atoms with Crippen molar-refractivity contribution in [1.82, 2.24) is 10.2 Å². The average Bonchev–Trinajstić information content (AvgIpc) is 2.32. The fraction of sp³-hybridized carbons (Fsp3) is 0.929. The molecule has 3 unspecified atom stereocenters. The van der Waals surface area contributed by atoms with E-state index < -0.39 is 10.0 Å². The average molecular weight is 335 g/mol. The first kappa shape index (κ1) is 19.3. The summed E-state index contributed by atoms with van der Waals surface area (Å²) in [4.78, 5) is 14.6. The van der Waals surface area contributed by atoms with Gasteiger partial charge in [-0.05, 0) is 26.2 Å². The van der Waals surface area contributed by atoms with E-state index in [1.165, 1.54) is 0 Å². The Balaban J connectivity index is 2.56. The molecule has 0 spiro atoms. The Labute approximate surface area is 133 Å². The minimum atomic E-state index is -3.47. The van der Waals surface area contributed by atoms with Gasteiger partial charge in [-0.1, -0.05) is 13.8 Å². The Morgan fingerprint density at radius 2 is 1.86 bits per heavy atom. The highest BCUT2D eigenvalue weighted by Gasteiger charge is 2.33. The fourth-order valence-corrected chi connectivity index (χ4v) is 3.47. The van der Waals surface area contributed by atoms with Gasteiger partial charge in [-0.15, -0.1) is 0 Å². The molecule has 7 nitrogen and oxygen atoms in total. The molecule has 0 aliphatic carbocycles. The standard InChI is InChI=1S/C14H29N3O4S/c1-10(2)13(17-8-11(3)21-12(4)9-17)14(18)16-6-5-7-22(15,19)20/h10-13H,5-9H2,1-4H3,(H,16,18)(H2,15,19,20). The van der Waals surface area contributed by atoms with Crippen LogP contribution in [0.25, 0.3) is 0 Å². The molecule has 1 aliphatic heterocycles. The van der Waals surface area contributed by atoms with Crippen molar-refractivity contribution >= 4 is 15.9 Å². The number of carbonyl (C=O) groups is 1. The summed E-state index contributed by atoms with van der Waals surface area (Å²) in [5.41, 5.74) is 0. The third kappa shape index (κ3) is 6.60. The molecule has 0 bridgehead atoms. The van der Waals surface area contributed by atoms with Crippen LogP contribution >= 0.6 is 0 Å². The van der Waals surface area contributed by atoms with Crippen molar-refractivity contribution in [2.45, 2.75) is 52.4 Å². The van der Waals surface area contributed by atoms with Crippen LogP contribution in [0.15, 0.2) is 0 Å². The molecule has 1 rings (SSSR count). The molecule has 3 N–H and O–H groups in total. The van der Waals surface area contributed by atoms with Gasteiger partial charge in [0.25, 0.3) is 0 Å². The Hall–Kier alpha value is -0.700. The van der Waals surface area contributed by atoms with E-state index in [0.29, 0.717) is 13.0 Å². The Morgan fingerprint density at radius 3 is 2.32 bits per heavy atom. The maximum atomic E-state index is 12.4. The maximum Gasteiger partial charge on any atom is 0.237 e. The number of rotatable bonds is 7. The lowest BCUT2D eigenvalue weighted by atomic mass is 9.99. The summed E-state index contributed by atoms with van der Waals surface area (Å²) >= 11 is 0. The van der Waals surface area contributed by atoms with Crippen LogP contribution in [0.5, 0.6) is 0 Å². The minimum absolute atomic E-state index is 0.0641. The van der Waals surface area contributed by atoms with Crippen molar-refractivity contribution in [3.63, 3.8) is 0 Å². The van der Waals surface area contributed by atoms with Gasteiger partial charge in [0.05, 0.1) is 24.0 Å². The normalized spacial score (nSPS) is 25.2. The van der Waals surface area contributed by atoms with E-state index in [4.69, 9.17) is 9.88 Å². The molecule has 130 valence electrons. The first-order valence-corrected chi connectivity index (χ1v) is 9.49. The van der Waals surface area contributed by atoms with Gasteiger partial charge in [0, 0.05) is 19.6 Å². The summed E-state index contributed by atoms with van der Waals surface area (Å²) in [6.45, 7) is 9.79. The number of sulfonamides is 1. The molecule has 1 aliphatic rings. The van der Waals surface area contributed by atoms with Gasteiger partial charge in [-0.25, -0.2) is 13.6 Å². The molecule has 1 amide bonds. The molecular formula is C14H29N3O4S. The molecule has 1 saturated heterocycles. The van der Waals surface area contributed by atoms with E-state index in [2.05, 4.69) is 10.2 Å². The second-order valence-electron chi connectivity index (χ2n) is 6.41. The van der Waals surface area contributed by atoms with Crippen LogP contribution in [0.4, 0.5) is 0 Å². The van der Waals surface area contributed by atoms with Crippen molar-refractivity contribution in [1.29, 1.82) is 0 Å². The second kappa shape index (κ2) is 8.24. The largest absolute Gasteiger partial charge is 0.373 e. The molecule has 8 heteroatoms. The maximum absolute atomic E-state index is 12.4. The van der Waals surface area contributed by atoms with Crippen LogP contribution in [0.3, 0.4) is 0 Å². The van der Waals surface area contributed by atoms with E-state index in [1.807, 2.05) is 27.7 Å². The van der Waals surface area contributed by atoms with Crippen molar-refractivity contribution in [3.8, 4) is 0 Å². The minimum Gasteiger partial charge on any atom is -0.373 e. The molecule has 0 aromatic rings. The first-order valence-electron chi connectivity index (χ1n) is 7.78. The van der Waals surface area contributed by atoms with Crippen LogP contribution in [0, 0.1) is 5.92 Å². The third-order valence-electron chi connectivity index (χ3n) is 3.65. The number of morpholine rings is 1. The topological polar surface area (TPSA) is 102 Å². The molecular weight excluding hydrogens is 306 g/mol. The lowest BCUT2D eigenvalue weighted by molar-refractivity contribution is -0.135. The first-order chi connectivity index (χ1) is 10.1. The molecule has 0 aromatic heterocycles. The Morgan fingerprint density at radius 1 is 1.32 bits per heavy atom. The lowest BCUT2D eigenvalue weighted by Gasteiger charge is -2.41. The molecule has 3 atom stereocenters. The summed E-state index contributed by atoms with van der Waals surface area (Å²) in [5, 5.41) is 7.77.